The van der Waals surface area contributed by atoms with Crippen LogP contribution in [-0.2, 0) is 52.2 Å². The minimum absolute atomic E-state index is 0.00821. The summed E-state index contributed by atoms with van der Waals surface area (Å²) in [6, 6.07) is 7.77. The normalized spacial score (nSPS) is 40.3. The predicted molar refractivity (Wildman–Crippen MR) is 231 cm³/mol. The summed E-state index contributed by atoms with van der Waals surface area (Å²) in [5.41, 5.74) is 3.13. The summed E-state index contributed by atoms with van der Waals surface area (Å²) in [7, 11) is 10.5. The van der Waals surface area contributed by atoms with Crippen LogP contribution in [0.25, 0.3) is 5.57 Å². The molecule has 6 aliphatic rings. The number of nitrogens with zero attached hydrogens (tertiary/aromatic N) is 1. The van der Waals surface area contributed by atoms with Crippen LogP contribution in [0.1, 0.15) is 101 Å². The molecule has 0 amide bonds. The molecule has 344 valence electrons. The second-order valence-electron chi connectivity index (χ2n) is 18.8. The molecular weight excluding hydrogens is 795 g/mol. The van der Waals surface area contributed by atoms with Gasteiger partial charge < -0.3 is 47.5 Å². The molecule has 3 heterocycles. The third-order valence-electron chi connectivity index (χ3n) is 15.0. The summed E-state index contributed by atoms with van der Waals surface area (Å²) in [6.45, 7) is 8.10. The van der Waals surface area contributed by atoms with Crippen molar-refractivity contribution in [2.75, 3.05) is 42.5 Å². The van der Waals surface area contributed by atoms with Gasteiger partial charge in [-0.05, 0) is 132 Å². The number of carbonyl (C=O) groups is 3. The monoisotopic (exact) mass is 865 g/mol. The molecule has 62 heavy (non-hydrogen) atoms. The molecular formula is C49H71NO12. The first-order valence-corrected chi connectivity index (χ1v) is 23.0. The van der Waals surface area contributed by atoms with E-state index in [2.05, 4.69) is 45.0 Å². The zero-order valence-electron chi connectivity index (χ0n) is 38.5. The van der Waals surface area contributed by atoms with E-state index < -0.39 is 36.5 Å². The van der Waals surface area contributed by atoms with Crippen LogP contribution in [0.5, 0.6) is 0 Å². The number of hydrogen-bond acceptors (Lipinski definition) is 13. The number of allylic oxidation sites excluding steroid dienone is 4. The summed E-state index contributed by atoms with van der Waals surface area (Å²) in [5, 5.41) is 0. The lowest BCUT2D eigenvalue weighted by molar-refractivity contribution is -0.314. The second-order valence-corrected chi connectivity index (χ2v) is 18.8. The number of rotatable bonds is 11. The van der Waals surface area contributed by atoms with Crippen molar-refractivity contribution in [2.45, 2.75) is 153 Å². The fourth-order valence-corrected chi connectivity index (χ4v) is 11.8. The first kappa shape index (κ1) is 47.0. The molecule has 17 atom stereocenters. The van der Waals surface area contributed by atoms with E-state index in [1.165, 1.54) is 7.11 Å². The molecule has 0 aromatic heterocycles. The van der Waals surface area contributed by atoms with Crippen LogP contribution >= 0.6 is 0 Å². The molecule has 0 bridgehead atoms. The van der Waals surface area contributed by atoms with Crippen LogP contribution in [0.3, 0.4) is 0 Å². The Kier molecular flexibility index (Phi) is 15.5. The number of Topliss-reactive ketones (excluding diaryl/α,β-unsaturated/α-hetero) is 1. The van der Waals surface area contributed by atoms with Crippen molar-refractivity contribution in [3.8, 4) is 0 Å². The van der Waals surface area contributed by atoms with Gasteiger partial charge in [-0.1, -0.05) is 38.1 Å². The number of fused-ring (bicyclic) bond motifs is 5. The lowest BCUT2D eigenvalue weighted by Crippen LogP contribution is -2.59. The molecule has 0 N–H and O–H groups in total. The summed E-state index contributed by atoms with van der Waals surface area (Å²) >= 11 is 0. The minimum atomic E-state index is -0.677. The standard InChI is InChI=1S/C49H71NO12/c1-11-32-13-12-14-40(62-42-20-19-39(50(5)6)27(3)58-42)26(2)44(52)38-24-36-34-23-33(61-49-47(56-9)46(55-8)45(54-7)28(4)59-49)21-31(34)22-35(43(36)37(38)25-41(51)60-32)29-15-17-30(18-16-29)48(53)57-10/h15-18,22,24,26-28,31-34,36-37,39-40,42-43,45-47,49H,11-14,19-21,23,25H2,1-10H3/t26-,27?,28?,31?,32+,33-,34-,36+,37-,39+,40+,42+,43?,45+,46?,47?,49+/m1/s1. The Morgan fingerprint density at radius 3 is 2.18 bits per heavy atom. The number of esters is 2. The molecule has 3 aliphatic carbocycles. The number of hydrogen-bond donors (Lipinski definition) is 0. The molecule has 4 fully saturated rings. The zero-order chi connectivity index (χ0) is 44.4. The van der Waals surface area contributed by atoms with Gasteiger partial charge in [0.25, 0.3) is 0 Å². The summed E-state index contributed by atoms with van der Waals surface area (Å²) in [5.74, 6) is -1.59. The van der Waals surface area contributed by atoms with E-state index in [9.17, 15) is 9.59 Å². The average molecular weight is 866 g/mol. The van der Waals surface area contributed by atoms with Crippen LogP contribution in [0.15, 0.2) is 42.0 Å². The predicted octanol–water partition coefficient (Wildman–Crippen LogP) is 6.80. The van der Waals surface area contributed by atoms with Gasteiger partial charge in [-0.3, -0.25) is 9.59 Å². The van der Waals surface area contributed by atoms with Gasteiger partial charge in [0.1, 0.15) is 24.4 Å². The number of cyclic esters (lactones) is 1. The van der Waals surface area contributed by atoms with Crippen molar-refractivity contribution < 1.29 is 57.0 Å². The number of methoxy groups -OCH3 is 4. The van der Waals surface area contributed by atoms with Gasteiger partial charge in [0, 0.05) is 39.2 Å². The van der Waals surface area contributed by atoms with Crippen LogP contribution in [-0.4, -0.2) is 133 Å². The fraction of sp³-hybridized carbons (Fsp3) is 0.735. The summed E-state index contributed by atoms with van der Waals surface area (Å²) in [4.78, 5) is 44.0. The fourth-order valence-electron chi connectivity index (χ4n) is 11.8. The molecule has 1 aromatic carbocycles. The molecule has 3 saturated heterocycles. The largest absolute Gasteiger partial charge is 0.465 e. The molecule has 13 nitrogen and oxygen atoms in total. The Morgan fingerprint density at radius 1 is 0.806 bits per heavy atom. The Morgan fingerprint density at radius 2 is 1.53 bits per heavy atom. The summed E-state index contributed by atoms with van der Waals surface area (Å²) in [6.07, 6.45) is 7.20. The highest BCUT2D eigenvalue weighted by molar-refractivity contribution is 6.00. The van der Waals surface area contributed by atoms with Crippen molar-refractivity contribution in [3.05, 3.63) is 53.1 Å². The Balaban J connectivity index is 1.23. The van der Waals surface area contributed by atoms with Gasteiger partial charge in [0.15, 0.2) is 18.4 Å². The van der Waals surface area contributed by atoms with Gasteiger partial charge in [-0.2, -0.15) is 0 Å². The molecule has 1 aromatic rings. The van der Waals surface area contributed by atoms with Crippen molar-refractivity contribution in [1.82, 2.24) is 4.90 Å². The van der Waals surface area contributed by atoms with Crippen molar-refractivity contribution in [2.24, 2.45) is 35.5 Å². The first-order valence-electron chi connectivity index (χ1n) is 23.0. The van der Waals surface area contributed by atoms with E-state index >= 15 is 4.79 Å². The highest BCUT2D eigenvalue weighted by Gasteiger charge is 2.55. The van der Waals surface area contributed by atoms with Crippen LogP contribution in [0.2, 0.25) is 0 Å². The van der Waals surface area contributed by atoms with E-state index in [1.807, 2.05) is 26.0 Å². The third-order valence-corrected chi connectivity index (χ3v) is 15.0. The highest BCUT2D eigenvalue weighted by Crippen LogP contribution is 2.58. The average Bonchev–Trinajstić information content (AvgIpc) is 3.84. The van der Waals surface area contributed by atoms with Gasteiger partial charge in [-0.15, -0.1) is 0 Å². The Hall–Kier alpha value is -3.01. The van der Waals surface area contributed by atoms with E-state index in [0.717, 1.165) is 43.2 Å². The maximum absolute atomic E-state index is 15.2. The Labute approximate surface area is 368 Å². The molecule has 13 heteroatoms. The van der Waals surface area contributed by atoms with Crippen molar-refractivity contribution in [1.29, 1.82) is 0 Å². The topological polar surface area (TPSA) is 138 Å². The third kappa shape index (κ3) is 9.66. The van der Waals surface area contributed by atoms with Crippen molar-refractivity contribution >= 4 is 23.3 Å². The molecule has 0 spiro atoms. The molecule has 3 aliphatic heterocycles. The maximum atomic E-state index is 15.2. The first-order chi connectivity index (χ1) is 29.8. The minimum Gasteiger partial charge on any atom is -0.465 e. The number of carbonyl (C=O) groups excluding carboxylic acids is 3. The van der Waals surface area contributed by atoms with Crippen molar-refractivity contribution in [3.63, 3.8) is 0 Å². The molecule has 0 radical (unpaired) electrons. The van der Waals surface area contributed by atoms with Crippen LogP contribution in [0.4, 0.5) is 0 Å². The number of ether oxygens (including phenoxy) is 9. The van der Waals surface area contributed by atoms with Crippen LogP contribution < -0.4 is 0 Å². The van der Waals surface area contributed by atoms with Gasteiger partial charge in [0.05, 0.1) is 43.5 Å². The highest BCUT2D eigenvalue weighted by atomic mass is 16.7. The zero-order valence-corrected chi connectivity index (χ0v) is 38.5. The molecule has 7 rings (SSSR count). The molecule has 6 unspecified atom stereocenters. The Bertz CT molecular complexity index is 1780. The van der Waals surface area contributed by atoms with E-state index in [4.69, 9.17) is 42.6 Å². The van der Waals surface area contributed by atoms with E-state index in [0.29, 0.717) is 36.4 Å². The number of ketones is 1. The maximum Gasteiger partial charge on any atom is 0.337 e. The van der Waals surface area contributed by atoms with Gasteiger partial charge >= 0.3 is 11.9 Å². The number of likely N-dealkylation sites (N-methyl/N-ethyl adjacent to an activating group) is 1. The number of benzene rings is 1. The summed E-state index contributed by atoms with van der Waals surface area (Å²) < 4.78 is 55.3. The smallest absolute Gasteiger partial charge is 0.337 e. The second kappa shape index (κ2) is 20.4. The van der Waals surface area contributed by atoms with Crippen LogP contribution in [0, 0.1) is 35.5 Å². The molecule has 1 saturated carbocycles. The SMILES string of the molecule is CC[C@H]1CCC[C@H](O[C@H]2CC[C@H](N(C)C)C(C)O2)[C@@H](C)C(=O)C2=C[C@@H]3C(C(c4ccc(C(=O)OC)cc4)=CC4C[C@@H](O[C@@H]5OC(C)[C@H](OC)C(OC)C5OC)C[C@H]43)[C@@H]2CC(=O)O1. The van der Waals surface area contributed by atoms with Gasteiger partial charge in [-0.25, -0.2) is 4.79 Å². The van der Waals surface area contributed by atoms with E-state index in [-0.39, 0.29) is 84.6 Å². The lowest BCUT2D eigenvalue weighted by atomic mass is 9.65. The van der Waals surface area contributed by atoms with E-state index in [1.54, 1.807) is 33.5 Å². The quantitative estimate of drug-likeness (QED) is 0.216. The lowest BCUT2D eigenvalue weighted by Gasteiger charge is -2.44. The van der Waals surface area contributed by atoms with Gasteiger partial charge in [0.2, 0.25) is 0 Å².